The molecule has 2 nitrogen and oxygen atoms in total. The van der Waals surface area contributed by atoms with Crippen LogP contribution in [0.2, 0.25) is 0 Å². The van der Waals surface area contributed by atoms with Crippen molar-refractivity contribution in [1.82, 2.24) is 0 Å². The zero-order valence-corrected chi connectivity index (χ0v) is 23.9. The number of nitrogens with zero attached hydrogens (tertiary/aromatic N) is 2. The Morgan fingerprint density at radius 2 is 0.952 bits per heavy atom. The fourth-order valence-corrected chi connectivity index (χ4v) is 8.24. The van der Waals surface area contributed by atoms with Gasteiger partial charge in [-0.1, -0.05) is 78.9 Å². The van der Waals surface area contributed by atoms with Gasteiger partial charge >= 0.3 is 0 Å². The summed E-state index contributed by atoms with van der Waals surface area (Å²) in [5.41, 5.74) is 6.51. The van der Waals surface area contributed by atoms with Crippen molar-refractivity contribution in [2.45, 2.75) is 0 Å². The SMILES string of the molecule is N#Cc1ccccc1-c1c(-c2ccc3sc4ccccc4c3c2)ccc(-c2ccc3sc4ccccc4c3c2)c1C#N. The largest absolute Gasteiger partial charge is 0.192 e. The van der Waals surface area contributed by atoms with Gasteiger partial charge in [-0.05, 0) is 59.2 Å². The lowest BCUT2D eigenvalue weighted by Gasteiger charge is -2.17. The lowest BCUT2D eigenvalue weighted by atomic mass is 9.84. The molecule has 0 aliphatic carbocycles. The Kier molecular flexibility index (Phi) is 5.66. The van der Waals surface area contributed by atoms with Crippen LogP contribution in [0.4, 0.5) is 0 Å². The summed E-state index contributed by atoms with van der Waals surface area (Å²) in [6.07, 6.45) is 0. The molecule has 0 radical (unpaired) electrons. The average molecular weight is 569 g/mol. The van der Waals surface area contributed by atoms with E-state index in [2.05, 4.69) is 109 Å². The maximum atomic E-state index is 10.8. The maximum absolute atomic E-state index is 10.8. The predicted octanol–water partition coefficient (Wildman–Crippen LogP) is 11.2. The third-order valence-electron chi connectivity index (χ3n) is 8.01. The molecule has 8 aromatic rings. The molecule has 0 aliphatic heterocycles. The Morgan fingerprint density at radius 1 is 0.429 bits per heavy atom. The Labute approximate surface area is 250 Å². The van der Waals surface area contributed by atoms with E-state index in [1.165, 1.54) is 40.3 Å². The second kappa shape index (κ2) is 9.68. The summed E-state index contributed by atoms with van der Waals surface area (Å²) in [5, 5.41) is 25.7. The van der Waals surface area contributed by atoms with Crippen molar-refractivity contribution in [1.29, 1.82) is 10.5 Å². The van der Waals surface area contributed by atoms with Gasteiger partial charge in [0.1, 0.15) is 6.07 Å². The first-order valence-electron chi connectivity index (χ1n) is 13.6. The van der Waals surface area contributed by atoms with Crippen molar-refractivity contribution in [3.63, 3.8) is 0 Å². The maximum Gasteiger partial charge on any atom is 0.100 e. The van der Waals surface area contributed by atoms with Gasteiger partial charge in [0.05, 0.1) is 17.2 Å². The van der Waals surface area contributed by atoms with Gasteiger partial charge in [0.2, 0.25) is 0 Å². The molecule has 194 valence electrons. The third-order valence-corrected chi connectivity index (χ3v) is 10.3. The molecular weight excluding hydrogens is 549 g/mol. The van der Waals surface area contributed by atoms with Gasteiger partial charge in [-0.2, -0.15) is 10.5 Å². The molecule has 4 heteroatoms. The summed E-state index contributed by atoms with van der Waals surface area (Å²) in [4.78, 5) is 0. The van der Waals surface area contributed by atoms with Crippen LogP contribution in [0.15, 0.2) is 121 Å². The Bertz CT molecular complexity index is 2450. The van der Waals surface area contributed by atoms with Crippen molar-refractivity contribution in [2.24, 2.45) is 0 Å². The molecule has 6 aromatic carbocycles. The van der Waals surface area contributed by atoms with Crippen molar-refractivity contribution in [3.8, 4) is 45.5 Å². The number of nitriles is 2. The second-order valence-corrected chi connectivity index (χ2v) is 12.5. The molecule has 0 atom stereocenters. The van der Waals surface area contributed by atoms with E-state index in [4.69, 9.17) is 0 Å². The van der Waals surface area contributed by atoms with E-state index < -0.39 is 0 Å². The van der Waals surface area contributed by atoms with Crippen molar-refractivity contribution in [2.75, 3.05) is 0 Å². The monoisotopic (exact) mass is 568 g/mol. The summed E-state index contributed by atoms with van der Waals surface area (Å²) in [7, 11) is 0. The number of rotatable bonds is 3. The zero-order valence-electron chi connectivity index (χ0n) is 22.3. The lowest BCUT2D eigenvalue weighted by molar-refractivity contribution is 1.45. The minimum atomic E-state index is 0.550. The van der Waals surface area contributed by atoms with Crippen LogP contribution in [0.5, 0.6) is 0 Å². The van der Waals surface area contributed by atoms with Gasteiger partial charge in [-0.15, -0.1) is 22.7 Å². The van der Waals surface area contributed by atoms with E-state index in [0.29, 0.717) is 11.1 Å². The molecule has 0 amide bonds. The van der Waals surface area contributed by atoms with E-state index >= 15 is 0 Å². The fraction of sp³-hybridized carbons (Fsp3) is 0. The van der Waals surface area contributed by atoms with E-state index in [9.17, 15) is 10.5 Å². The van der Waals surface area contributed by atoms with E-state index in [-0.39, 0.29) is 0 Å². The minimum absolute atomic E-state index is 0.550. The molecule has 0 saturated carbocycles. The predicted molar refractivity (Wildman–Crippen MR) is 178 cm³/mol. The van der Waals surface area contributed by atoms with Gasteiger partial charge in [-0.3, -0.25) is 0 Å². The van der Waals surface area contributed by atoms with E-state index in [1.54, 1.807) is 22.7 Å². The standard InChI is InChI=1S/C38H20N2S2/c39-21-25-7-1-2-8-27(25)38-28(24-14-18-37-32(20-24)30-10-4-6-12-35(30)42-37)16-15-26(33(38)22-40)23-13-17-36-31(19-23)29-9-3-5-11-34(29)41-36/h1-20H. The summed E-state index contributed by atoms with van der Waals surface area (Å²) in [5.74, 6) is 0. The number of hydrogen-bond acceptors (Lipinski definition) is 4. The molecule has 0 N–H and O–H groups in total. The van der Waals surface area contributed by atoms with Crippen LogP contribution in [0, 0.1) is 22.7 Å². The minimum Gasteiger partial charge on any atom is -0.192 e. The lowest BCUT2D eigenvalue weighted by Crippen LogP contribution is -1.96. The molecule has 8 rings (SSSR count). The van der Waals surface area contributed by atoms with Gasteiger partial charge < -0.3 is 0 Å². The number of fused-ring (bicyclic) bond motifs is 6. The van der Waals surface area contributed by atoms with Crippen LogP contribution in [-0.4, -0.2) is 0 Å². The van der Waals surface area contributed by atoms with Gasteiger partial charge in [-0.25, -0.2) is 0 Å². The molecule has 2 aromatic heterocycles. The number of benzene rings is 6. The van der Waals surface area contributed by atoms with Crippen LogP contribution >= 0.6 is 22.7 Å². The molecule has 0 unspecified atom stereocenters. The summed E-state index contributed by atoms with van der Waals surface area (Å²) in [6, 6.07) is 46.6. The Balaban J connectivity index is 1.42. The van der Waals surface area contributed by atoms with Crippen LogP contribution < -0.4 is 0 Å². The smallest absolute Gasteiger partial charge is 0.100 e. The Morgan fingerprint density at radius 3 is 1.57 bits per heavy atom. The van der Waals surface area contributed by atoms with Crippen LogP contribution in [0.1, 0.15) is 11.1 Å². The third kappa shape index (κ3) is 3.75. The van der Waals surface area contributed by atoms with Gasteiger partial charge in [0, 0.05) is 57.0 Å². The highest BCUT2D eigenvalue weighted by molar-refractivity contribution is 7.26. The molecule has 0 saturated heterocycles. The van der Waals surface area contributed by atoms with Gasteiger partial charge in [0.25, 0.3) is 0 Å². The zero-order chi connectivity index (χ0) is 28.2. The van der Waals surface area contributed by atoms with E-state index in [1.807, 2.05) is 24.3 Å². The summed E-state index contributed by atoms with van der Waals surface area (Å²) >= 11 is 3.57. The molecule has 0 spiro atoms. The average Bonchev–Trinajstić information content (AvgIpc) is 3.61. The van der Waals surface area contributed by atoms with Crippen molar-refractivity contribution in [3.05, 3.63) is 132 Å². The molecular formula is C38H20N2S2. The first kappa shape index (κ1) is 24.5. The first-order chi connectivity index (χ1) is 20.7. The van der Waals surface area contributed by atoms with Crippen LogP contribution in [0.3, 0.4) is 0 Å². The Hall–Kier alpha value is -5.26. The summed E-state index contributed by atoms with van der Waals surface area (Å²) < 4.78 is 4.96. The van der Waals surface area contributed by atoms with Crippen molar-refractivity contribution < 1.29 is 0 Å². The van der Waals surface area contributed by atoms with Crippen LogP contribution in [-0.2, 0) is 0 Å². The number of hydrogen-bond donors (Lipinski definition) is 0. The fourth-order valence-electron chi connectivity index (χ4n) is 6.07. The summed E-state index contributed by atoms with van der Waals surface area (Å²) in [6.45, 7) is 0. The van der Waals surface area contributed by atoms with Crippen molar-refractivity contribution >= 4 is 63.0 Å². The quantitative estimate of drug-likeness (QED) is 0.213. The molecule has 2 heterocycles. The highest BCUT2D eigenvalue weighted by atomic mass is 32.1. The van der Waals surface area contributed by atoms with Crippen LogP contribution in [0.25, 0.3) is 73.7 Å². The highest BCUT2D eigenvalue weighted by Crippen LogP contribution is 2.44. The molecule has 0 aliphatic rings. The molecule has 0 fully saturated rings. The second-order valence-electron chi connectivity index (χ2n) is 10.3. The number of thiophene rings is 2. The van der Waals surface area contributed by atoms with Gasteiger partial charge in [0.15, 0.2) is 0 Å². The normalized spacial score (nSPS) is 11.3. The topological polar surface area (TPSA) is 47.6 Å². The first-order valence-corrected chi connectivity index (χ1v) is 15.3. The molecule has 0 bridgehead atoms. The molecule has 42 heavy (non-hydrogen) atoms. The van der Waals surface area contributed by atoms with E-state index in [0.717, 1.165) is 33.4 Å². The highest BCUT2D eigenvalue weighted by Gasteiger charge is 2.21.